The average molecular weight is 485 g/mol. The van der Waals surface area contributed by atoms with E-state index in [9.17, 15) is 20.0 Å². The number of carbonyl (C=O) groups is 2. The zero-order valence-electron chi connectivity index (χ0n) is 20.6. The van der Waals surface area contributed by atoms with Gasteiger partial charge in [0, 0.05) is 37.9 Å². The summed E-state index contributed by atoms with van der Waals surface area (Å²) in [4.78, 5) is 38.0. The molecule has 5 rings (SSSR count). The lowest BCUT2D eigenvalue weighted by Crippen LogP contribution is -2.35. The number of para-hydroxylation sites is 1. The van der Waals surface area contributed by atoms with Gasteiger partial charge in [0.1, 0.15) is 6.07 Å². The highest BCUT2D eigenvalue weighted by atomic mass is 16.4. The molecule has 1 unspecified atom stereocenters. The third-order valence-electron chi connectivity index (χ3n) is 7.41. The van der Waals surface area contributed by atoms with Crippen molar-refractivity contribution >= 4 is 34.4 Å². The van der Waals surface area contributed by atoms with Gasteiger partial charge in [0.15, 0.2) is 11.5 Å². The number of aryl methyl sites for hydroxylation is 1. The molecule has 0 radical (unpaired) electrons. The molecule has 2 aliphatic heterocycles. The second-order valence-electron chi connectivity index (χ2n) is 9.87. The monoisotopic (exact) mass is 484 g/mol. The van der Waals surface area contributed by atoms with E-state index in [-0.39, 0.29) is 23.2 Å². The minimum Gasteiger partial charge on any atom is -0.478 e. The van der Waals surface area contributed by atoms with E-state index in [1.807, 2.05) is 37.9 Å². The van der Waals surface area contributed by atoms with Crippen LogP contribution in [0.5, 0.6) is 0 Å². The van der Waals surface area contributed by atoms with Crippen molar-refractivity contribution in [3.63, 3.8) is 0 Å². The number of hydrogen-bond donors (Lipinski definition) is 2. The van der Waals surface area contributed by atoms with Gasteiger partial charge in [-0.05, 0) is 50.5 Å². The quantitative estimate of drug-likeness (QED) is 0.562. The van der Waals surface area contributed by atoms with Crippen LogP contribution in [0.3, 0.4) is 0 Å². The Morgan fingerprint density at radius 2 is 1.97 bits per heavy atom. The van der Waals surface area contributed by atoms with Crippen LogP contribution in [-0.2, 0) is 4.79 Å². The van der Waals surface area contributed by atoms with Crippen molar-refractivity contribution in [1.29, 1.82) is 5.26 Å². The van der Waals surface area contributed by atoms with Crippen LogP contribution in [-0.4, -0.2) is 58.5 Å². The standard InChI is InChI=1S/C27H28N6O3/c1-16-12-19(17(2)29-20-7-5-4-6-18(20)25(34)35)23-21(13-16)30-22(14-28)24(31-23)33-11-9-27(15-33)8-10-32(3)26(27)36/h4-7,12-13,17,29H,8-11,15H2,1-3H3,(H,34,35)/t17-,27?/m1/s1. The van der Waals surface area contributed by atoms with E-state index in [4.69, 9.17) is 4.98 Å². The van der Waals surface area contributed by atoms with Gasteiger partial charge >= 0.3 is 5.97 Å². The van der Waals surface area contributed by atoms with Gasteiger partial charge < -0.3 is 20.2 Å². The molecule has 2 aromatic carbocycles. The first kappa shape index (κ1) is 23.5. The molecule has 2 saturated heterocycles. The molecule has 0 bridgehead atoms. The maximum Gasteiger partial charge on any atom is 0.337 e. The van der Waals surface area contributed by atoms with E-state index in [1.54, 1.807) is 29.2 Å². The maximum absolute atomic E-state index is 12.9. The number of fused-ring (bicyclic) bond motifs is 1. The molecule has 3 heterocycles. The van der Waals surface area contributed by atoms with E-state index in [0.29, 0.717) is 35.6 Å². The molecule has 0 saturated carbocycles. The Morgan fingerprint density at radius 1 is 1.22 bits per heavy atom. The summed E-state index contributed by atoms with van der Waals surface area (Å²) in [7, 11) is 1.84. The predicted molar refractivity (Wildman–Crippen MR) is 136 cm³/mol. The number of carboxylic acid groups (broad SMARTS) is 1. The third kappa shape index (κ3) is 3.88. The van der Waals surface area contributed by atoms with Gasteiger partial charge in [0.2, 0.25) is 5.91 Å². The van der Waals surface area contributed by atoms with Crippen molar-refractivity contribution in [3.05, 3.63) is 58.8 Å². The molecule has 9 heteroatoms. The number of aromatic nitrogens is 2. The molecule has 2 atom stereocenters. The zero-order chi connectivity index (χ0) is 25.6. The van der Waals surface area contributed by atoms with Gasteiger partial charge in [-0.1, -0.05) is 18.2 Å². The van der Waals surface area contributed by atoms with E-state index >= 15 is 0 Å². The Morgan fingerprint density at radius 3 is 2.67 bits per heavy atom. The summed E-state index contributed by atoms with van der Waals surface area (Å²) in [5.74, 6) is -0.355. The summed E-state index contributed by atoms with van der Waals surface area (Å²) in [5.41, 5.74) is 3.59. The zero-order valence-corrected chi connectivity index (χ0v) is 20.6. The number of amides is 1. The molecule has 1 spiro atoms. The van der Waals surface area contributed by atoms with Crippen LogP contribution in [0.1, 0.15) is 53.0 Å². The molecule has 1 aromatic heterocycles. The van der Waals surface area contributed by atoms with Crippen LogP contribution in [0.25, 0.3) is 11.0 Å². The van der Waals surface area contributed by atoms with Crippen molar-refractivity contribution in [2.75, 3.05) is 36.9 Å². The summed E-state index contributed by atoms with van der Waals surface area (Å²) >= 11 is 0. The lowest BCUT2D eigenvalue weighted by molar-refractivity contribution is -0.134. The van der Waals surface area contributed by atoms with E-state index < -0.39 is 11.4 Å². The molecule has 1 amide bonds. The lowest BCUT2D eigenvalue weighted by atomic mass is 9.85. The number of benzene rings is 2. The summed E-state index contributed by atoms with van der Waals surface area (Å²) in [6.07, 6.45) is 1.53. The Kier molecular flexibility index (Phi) is 5.75. The fourth-order valence-electron chi connectivity index (χ4n) is 5.48. The molecule has 0 aliphatic carbocycles. The van der Waals surface area contributed by atoms with E-state index in [0.717, 1.165) is 30.5 Å². The van der Waals surface area contributed by atoms with E-state index in [2.05, 4.69) is 16.4 Å². The average Bonchev–Trinajstić information content (AvgIpc) is 3.42. The topological polar surface area (TPSA) is 122 Å². The van der Waals surface area contributed by atoms with Gasteiger partial charge in [-0.3, -0.25) is 4.79 Å². The van der Waals surface area contributed by atoms with Crippen LogP contribution < -0.4 is 10.2 Å². The van der Waals surface area contributed by atoms with Crippen molar-refractivity contribution in [2.24, 2.45) is 5.41 Å². The summed E-state index contributed by atoms with van der Waals surface area (Å²) in [5, 5.41) is 22.8. The predicted octanol–water partition coefficient (Wildman–Crippen LogP) is 3.74. The van der Waals surface area contributed by atoms with E-state index in [1.165, 1.54) is 0 Å². The summed E-state index contributed by atoms with van der Waals surface area (Å²) < 4.78 is 0. The first-order valence-electron chi connectivity index (χ1n) is 12.0. The highest BCUT2D eigenvalue weighted by molar-refractivity contribution is 5.94. The Bertz CT molecular complexity index is 1430. The summed E-state index contributed by atoms with van der Waals surface area (Å²) in [6.45, 7) is 5.80. The fraction of sp³-hybridized carbons (Fsp3) is 0.370. The summed E-state index contributed by atoms with van der Waals surface area (Å²) in [6, 6.07) is 12.6. The van der Waals surface area contributed by atoms with Crippen molar-refractivity contribution in [1.82, 2.24) is 14.9 Å². The van der Waals surface area contributed by atoms with Crippen molar-refractivity contribution < 1.29 is 14.7 Å². The van der Waals surface area contributed by atoms with Gasteiger partial charge in [-0.15, -0.1) is 0 Å². The van der Waals surface area contributed by atoms with Crippen LogP contribution in [0, 0.1) is 23.7 Å². The maximum atomic E-state index is 12.9. The lowest BCUT2D eigenvalue weighted by Gasteiger charge is -2.24. The Hall–Kier alpha value is -4.19. The van der Waals surface area contributed by atoms with Gasteiger partial charge in [0.05, 0.1) is 28.1 Å². The van der Waals surface area contributed by atoms with Crippen LogP contribution in [0.2, 0.25) is 0 Å². The number of nitrogens with one attached hydrogen (secondary N) is 1. The minimum absolute atomic E-state index is 0.156. The number of aromatic carboxylic acids is 1. The number of rotatable bonds is 5. The largest absolute Gasteiger partial charge is 0.478 e. The smallest absolute Gasteiger partial charge is 0.337 e. The Labute approximate surface area is 209 Å². The number of hydrogen-bond acceptors (Lipinski definition) is 7. The third-order valence-corrected chi connectivity index (χ3v) is 7.41. The number of nitriles is 1. The van der Waals surface area contributed by atoms with Gasteiger partial charge in [-0.2, -0.15) is 5.26 Å². The van der Waals surface area contributed by atoms with Gasteiger partial charge in [0.25, 0.3) is 0 Å². The first-order chi connectivity index (χ1) is 17.2. The molecule has 9 nitrogen and oxygen atoms in total. The Balaban J connectivity index is 1.55. The molecule has 2 aliphatic rings. The van der Waals surface area contributed by atoms with Crippen LogP contribution in [0.4, 0.5) is 11.5 Å². The highest BCUT2D eigenvalue weighted by Crippen LogP contribution is 2.42. The molecule has 2 N–H and O–H groups in total. The highest BCUT2D eigenvalue weighted by Gasteiger charge is 2.50. The fourth-order valence-corrected chi connectivity index (χ4v) is 5.48. The minimum atomic E-state index is -1.00. The second-order valence-corrected chi connectivity index (χ2v) is 9.87. The first-order valence-corrected chi connectivity index (χ1v) is 12.0. The number of carboxylic acids is 1. The number of nitrogens with zero attached hydrogens (tertiary/aromatic N) is 5. The number of carbonyl (C=O) groups excluding carboxylic acids is 1. The molecule has 184 valence electrons. The van der Waals surface area contributed by atoms with Crippen LogP contribution >= 0.6 is 0 Å². The molecule has 2 fully saturated rings. The molecule has 3 aromatic rings. The van der Waals surface area contributed by atoms with Crippen molar-refractivity contribution in [3.8, 4) is 6.07 Å². The molecule has 36 heavy (non-hydrogen) atoms. The van der Waals surface area contributed by atoms with Crippen molar-refractivity contribution in [2.45, 2.75) is 32.7 Å². The SMILES string of the molecule is Cc1cc([C@@H](C)Nc2ccccc2C(=O)O)c2nc(N3CCC4(CCN(C)C4=O)C3)c(C#N)nc2c1. The van der Waals surface area contributed by atoms with Gasteiger partial charge in [-0.25, -0.2) is 14.8 Å². The van der Waals surface area contributed by atoms with Crippen LogP contribution in [0.15, 0.2) is 36.4 Å². The number of likely N-dealkylation sites (tertiary alicyclic amines) is 1. The normalized spacial score (nSPS) is 20.2. The number of anilines is 2. The molecular formula is C27H28N6O3. The molecular weight excluding hydrogens is 456 g/mol. The second kappa shape index (κ2) is 8.79.